The van der Waals surface area contributed by atoms with Gasteiger partial charge in [0.1, 0.15) is 19.7 Å². The van der Waals surface area contributed by atoms with Gasteiger partial charge < -0.3 is 16.2 Å². The smallest absolute Gasteiger partial charge is 0.256 e. The molecule has 0 atom stereocenters. The van der Waals surface area contributed by atoms with Gasteiger partial charge in [0.15, 0.2) is 0 Å². The number of hydrogen-bond acceptors (Lipinski definition) is 6. The van der Waals surface area contributed by atoms with Gasteiger partial charge in [-0.15, -0.1) is 11.3 Å². The lowest BCUT2D eigenvalue weighted by Crippen LogP contribution is -2.36. The molecule has 0 radical (unpaired) electrons. The summed E-state index contributed by atoms with van der Waals surface area (Å²) in [5.41, 5.74) is 3.30. The summed E-state index contributed by atoms with van der Waals surface area (Å²) in [6.07, 6.45) is 0. The van der Waals surface area contributed by atoms with Crippen LogP contribution in [0.1, 0.15) is 24.2 Å². The molecule has 1 aromatic heterocycles. The Morgan fingerprint density at radius 2 is 1.77 bits per heavy atom. The Hall–Kier alpha value is -1.65. The van der Waals surface area contributed by atoms with Crippen LogP contribution in [0.4, 0.5) is 5.00 Å². The van der Waals surface area contributed by atoms with Gasteiger partial charge in [-0.05, 0) is 32.0 Å². The Morgan fingerprint density at radius 3 is 2.23 bits per heavy atom. The number of carbonyl (C=O) groups is 2. The molecule has 0 unspecified atom stereocenters. The molecule has 0 saturated carbocycles. The van der Waals surface area contributed by atoms with Crippen molar-refractivity contribution in [1.82, 2.24) is 0 Å². The number of benzene rings is 1. The number of halogens is 2. The summed E-state index contributed by atoms with van der Waals surface area (Å²) in [4.78, 5) is 23.3. The quantitative estimate of drug-likeness (QED) is 0.663. The molecule has 2 rings (SSSR count). The van der Waals surface area contributed by atoms with Crippen LogP contribution in [0.15, 0.2) is 33.4 Å². The molecule has 26 heavy (non-hydrogen) atoms. The Labute approximate surface area is 163 Å². The first-order chi connectivity index (χ1) is 11.9. The molecule has 1 heterocycles. The monoisotopic (exact) mass is 436 g/mol. The average Bonchev–Trinajstić information content (AvgIpc) is 2.90. The number of anilines is 1. The molecule has 4 N–H and O–H groups in total. The van der Waals surface area contributed by atoms with Gasteiger partial charge in [0.2, 0.25) is 9.84 Å². The van der Waals surface area contributed by atoms with Crippen molar-refractivity contribution in [2.75, 3.05) is 5.32 Å². The van der Waals surface area contributed by atoms with Crippen LogP contribution in [0.5, 0.6) is 0 Å². The summed E-state index contributed by atoms with van der Waals surface area (Å²) >= 11 is 12.5. The summed E-state index contributed by atoms with van der Waals surface area (Å²) < 4.78 is 25.5. The number of carbonyl (C=O) groups excluding carboxylic acids is 2. The molecule has 0 bridgehead atoms. The van der Waals surface area contributed by atoms with Crippen LogP contribution in [0.2, 0.25) is 10.0 Å². The highest BCUT2D eigenvalue weighted by atomic mass is 35.5. The van der Waals surface area contributed by atoms with Gasteiger partial charge in [-0.25, -0.2) is 8.42 Å². The fourth-order valence-corrected chi connectivity index (χ4v) is 5.73. The normalized spacial score (nSPS) is 12.0. The molecule has 0 fully saturated rings. The van der Waals surface area contributed by atoms with Crippen LogP contribution in [0.25, 0.3) is 0 Å². The predicted octanol–water partition coefficient (Wildman–Crippen LogP) is 2.70. The summed E-state index contributed by atoms with van der Waals surface area (Å²) in [5, 5.41) is 11.7. The zero-order valence-electron chi connectivity index (χ0n) is 13.5. The molecule has 2 amide bonds. The van der Waals surface area contributed by atoms with Gasteiger partial charge in [-0.2, -0.15) is 0 Å². The molecule has 0 aliphatic heterocycles. The second-order valence-corrected chi connectivity index (χ2v) is 9.72. The van der Waals surface area contributed by atoms with Crippen LogP contribution in [0.3, 0.4) is 0 Å². The SMILES string of the molecule is CC(C)(O)C(=O)Nc1sc(S(=O)(=O)c2c(Cl)cccc2Cl)cc1C(N)=O. The summed E-state index contributed by atoms with van der Waals surface area (Å²) in [6.45, 7) is 2.47. The van der Waals surface area contributed by atoms with E-state index in [0.717, 1.165) is 6.07 Å². The molecule has 0 spiro atoms. The molecule has 7 nitrogen and oxygen atoms in total. The molecule has 2 aromatic rings. The van der Waals surface area contributed by atoms with Crippen LogP contribution in [-0.2, 0) is 14.6 Å². The number of hydrogen-bond donors (Lipinski definition) is 3. The highest BCUT2D eigenvalue weighted by molar-refractivity contribution is 7.93. The van der Waals surface area contributed by atoms with Gasteiger partial charge in [-0.3, -0.25) is 9.59 Å². The second kappa shape index (κ2) is 7.16. The van der Waals surface area contributed by atoms with Crippen molar-refractivity contribution in [3.63, 3.8) is 0 Å². The molecular weight excluding hydrogens is 423 g/mol. The topological polar surface area (TPSA) is 127 Å². The van der Waals surface area contributed by atoms with Crippen molar-refractivity contribution in [3.05, 3.63) is 39.9 Å². The first-order valence-corrected chi connectivity index (χ1v) is 10.1. The molecule has 1 aromatic carbocycles. The number of aliphatic hydroxyl groups is 1. The Bertz CT molecular complexity index is 974. The molecule has 0 aliphatic carbocycles. The minimum Gasteiger partial charge on any atom is -0.381 e. The highest BCUT2D eigenvalue weighted by Gasteiger charge is 2.31. The van der Waals surface area contributed by atoms with Crippen molar-refractivity contribution in [3.8, 4) is 0 Å². The van der Waals surface area contributed by atoms with Crippen molar-refractivity contribution in [2.24, 2.45) is 5.73 Å². The zero-order valence-corrected chi connectivity index (χ0v) is 16.7. The number of amides is 2. The zero-order chi connectivity index (χ0) is 19.9. The fourth-order valence-electron chi connectivity index (χ4n) is 1.87. The van der Waals surface area contributed by atoms with Crippen molar-refractivity contribution >= 4 is 61.2 Å². The molecule has 11 heteroatoms. The molecular formula is C15H14Cl2N2O5S2. The van der Waals surface area contributed by atoms with E-state index in [4.69, 9.17) is 28.9 Å². The highest BCUT2D eigenvalue weighted by Crippen LogP contribution is 2.39. The number of nitrogens with one attached hydrogen (secondary N) is 1. The van der Waals surface area contributed by atoms with Gasteiger partial charge in [0.05, 0.1) is 15.6 Å². The van der Waals surface area contributed by atoms with Crippen molar-refractivity contribution < 1.29 is 23.1 Å². The van der Waals surface area contributed by atoms with E-state index in [1.165, 1.54) is 32.0 Å². The lowest BCUT2D eigenvalue weighted by molar-refractivity contribution is -0.130. The number of nitrogens with two attached hydrogens (primary N) is 1. The number of sulfone groups is 1. The first kappa shape index (κ1) is 20.7. The van der Waals surface area contributed by atoms with E-state index >= 15 is 0 Å². The minimum atomic E-state index is -4.17. The third kappa shape index (κ3) is 4.02. The minimum absolute atomic E-state index is 0.0893. The van der Waals surface area contributed by atoms with E-state index in [-0.39, 0.29) is 29.7 Å². The molecule has 140 valence electrons. The van der Waals surface area contributed by atoms with Gasteiger partial charge >= 0.3 is 0 Å². The van der Waals surface area contributed by atoms with E-state index in [1.807, 2.05) is 0 Å². The summed E-state index contributed by atoms with van der Waals surface area (Å²) in [6, 6.07) is 5.24. The second-order valence-electron chi connectivity index (χ2n) is 5.74. The predicted molar refractivity (Wildman–Crippen MR) is 99.7 cm³/mol. The van der Waals surface area contributed by atoms with E-state index in [9.17, 15) is 23.1 Å². The Balaban J connectivity index is 2.60. The molecule has 0 aliphatic rings. The third-order valence-electron chi connectivity index (χ3n) is 3.21. The third-order valence-corrected chi connectivity index (χ3v) is 7.44. The van der Waals surface area contributed by atoms with E-state index in [1.54, 1.807) is 0 Å². The van der Waals surface area contributed by atoms with E-state index < -0.39 is 27.3 Å². The number of primary amides is 1. The largest absolute Gasteiger partial charge is 0.381 e. The molecule has 0 saturated heterocycles. The number of rotatable bonds is 5. The van der Waals surface area contributed by atoms with Gasteiger partial charge in [0, 0.05) is 0 Å². The Morgan fingerprint density at radius 1 is 1.23 bits per heavy atom. The van der Waals surface area contributed by atoms with Crippen LogP contribution in [0, 0.1) is 0 Å². The van der Waals surface area contributed by atoms with Crippen LogP contribution < -0.4 is 11.1 Å². The van der Waals surface area contributed by atoms with E-state index in [2.05, 4.69) is 5.32 Å². The van der Waals surface area contributed by atoms with Crippen LogP contribution in [-0.4, -0.2) is 30.9 Å². The maximum Gasteiger partial charge on any atom is 0.256 e. The number of thiophene rings is 1. The summed E-state index contributed by atoms with van der Waals surface area (Å²) in [5.74, 6) is -1.78. The average molecular weight is 437 g/mol. The fraction of sp³-hybridized carbons (Fsp3) is 0.200. The summed E-state index contributed by atoms with van der Waals surface area (Å²) in [7, 11) is -4.17. The first-order valence-electron chi connectivity index (χ1n) is 7.02. The maximum atomic E-state index is 12.9. The van der Waals surface area contributed by atoms with Gasteiger partial charge in [0.25, 0.3) is 11.8 Å². The van der Waals surface area contributed by atoms with Crippen LogP contribution >= 0.6 is 34.5 Å². The lowest BCUT2D eigenvalue weighted by atomic mass is 10.1. The van der Waals surface area contributed by atoms with Crippen molar-refractivity contribution in [1.29, 1.82) is 0 Å². The van der Waals surface area contributed by atoms with E-state index in [0.29, 0.717) is 11.3 Å². The standard InChI is InChI=1S/C15H14Cl2N2O5S2/c1-15(2,22)14(21)19-13-7(12(18)20)6-10(25-13)26(23,24)11-8(16)4-3-5-9(11)17/h3-6,22H,1-2H3,(H2,18,20)(H,19,21). The van der Waals surface area contributed by atoms with Crippen molar-refractivity contribution in [2.45, 2.75) is 28.6 Å². The maximum absolute atomic E-state index is 12.9. The Kier molecular flexibility index (Phi) is 5.69. The lowest BCUT2D eigenvalue weighted by Gasteiger charge is -2.16. The van der Waals surface area contributed by atoms with Gasteiger partial charge in [-0.1, -0.05) is 29.3 Å².